The first-order valence-electron chi connectivity index (χ1n) is 12.6. The van der Waals surface area contributed by atoms with Gasteiger partial charge in [0.25, 0.3) is 0 Å². The summed E-state index contributed by atoms with van der Waals surface area (Å²) in [6, 6.07) is 4.59. The van der Waals surface area contributed by atoms with Crippen molar-refractivity contribution in [3.63, 3.8) is 0 Å². The highest BCUT2D eigenvalue weighted by molar-refractivity contribution is 7.91. The third-order valence-corrected chi connectivity index (χ3v) is 15.2. The van der Waals surface area contributed by atoms with E-state index in [0.29, 0.717) is 0 Å². The molecule has 188 valence electrons. The van der Waals surface area contributed by atoms with Gasteiger partial charge in [0.15, 0.2) is 5.08 Å². The number of oxime groups is 1. The zero-order valence-electron chi connectivity index (χ0n) is 24.4. The summed E-state index contributed by atoms with van der Waals surface area (Å²) in [6.07, 6.45) is 0. The molecule has 0 aromatic heterocycles. The van der Waals surface area contributed by atoms with E-state index < -0.39 is 15.8 Å². The van der Waals surface area contributed by atoms with Gasteiger partial charge in [-0.15, -0.1) is 5.73 Å². The van der Waals surface area contributed by atoms with Crippen molar-refractivity contribution in [1.29, 1.82) is 0 Å². The van der Waals surface area contributed by atoms with Crippen molar-refractivity contribution in [2.75, 3.05) is 0 Å². The number of hydrogen-bond donors (Lipinski definition) is 0. The lowest BCUT2D eigenvalue weighted by molar-refractivity contribution is 0.0197. The van der Waals surface area contributed by atoms with E-state index >= 15 is 0 Å². The number of hydrogen-bond acceptors (Lipinski definition) is 2. The van der Waals surface area contributed by atoms with Gasteiger partial charge in [0, 0.05) is 29.5 Å². The fourth-order valence-electron chi connectivity index (χ4n) is 5.44. The summed E-state index contributed by atoms with van der Waals surface area (Å²) in [4.78, 5) is 6.97. The number of nitrogens with zero attached hydrogens (tertiary/aromatic N) is 1. The average Bonchev–Trinajstić information content (AvgIpc) is 2.97. The third kappa shape index (κ3) is 4.38. The van der Waals surface area contributed by atoms with Crippen LogP contribution in [0.15, 0.2) is 33.6 Å². The second-order valence-corrected chi connectivity index (χ2v) is 19.9. The second kappa shape index (κ2) is 8.30. The summed E-state index contributed by atoms with van der Waals surface area (Å²) in [7, 11) is -1.58. The molecule has 4 heteroatoms. The number of benzene rings is 1. The smallest absolute Gasteiger partial charge is 0.192 e. The Kier molecular flexibility index (Phi) is 6.75. The molecule has 1 aromatic rings. The fraction of sp³-hybridized carbons (Fsp3) is 0.667. The maximum absolute atomic E-state index is 6.97. The zero-order valence-corrected chi connectivity index (χ0v) is 26.2. The van der Waals surface area contributed by atoms with Gasteiger partial charge < -0.3 is 4.84 Å². The van der Waals surface area contributed by atoms with Gasteiger partial charge in [0.05, 0.1) is 0 Å². The Balaban J connectivity index is 2.53. The van der Waals surface area contributed by atoms with E-state index in [1.807, 2.05) is 0 Å². The number of rotatable bonds is 1. The molecule has 1 aromatic carbocycles. The predicted octanol–water partition coefficient (Wildman–Crippen LogP) is 10.2. The highest BCUT2D eigenvalue weighted by Crippen LogP contribution is 2.88. The lowest BCUT2D eigenvalue weighted by Crippen LogP contribution is -2.46. The highest BCUT2D eigenvalue weighted by atomic mass is 31.2. The summed E-state index contributed by atoms with van der Waals surface area (Å²) >= 11 is 0. The van der Waals surface area contributed by atoms with Gasteiger partial charge in [-0.05, 0) is 55.8 Å². The van der Waals surface area contributed by atoms with Crippen molar-refractivity contribution in [2.24, 2.45) is 21.4 Å². The van der Waals surface area contributed by atoms with E-state index in [9.17, 15) is 0 Å². The molecule has 3 atom stereocenters. The lowest BCUT2D eigenvalue weighted by atomic mass is 9.93. The van der Waals surface area contributed by atoms with E-state index in [1.54, 1.807) is 0 Å². The van der Waals surface area contributed by atoms with Crippen LogP contribution in [0, 0.1) is 37.0 Å². The second-order valence-electron chi connectivity index (χ2n) is 14.3. The Morgan fingerprint density at radius 3 is 1.62 bits per heavy atom. The number of fused-ring (bicyclic) bond motifs is 1. The molecule has 0 bridgehead atoms. The largest absolute Gasteiger partial charge is 0.378 e. The molecular formula is C30H47NOP2. The van der Waals surface area contributed by atoms with Crippen LogP contribution in [0.5, 0.6) is 0 Å². The zero-order chi connectivity index (χ0) is 26.2. The molecule has 0 aliphatic carbocycles. The minimum Gasteiger partial charge on any atom is -0.378 e. The maximum Gasteiger partial charge on any atom is 0.192 e. The fourth-order valence-corrected chi connectivity index (χ4v) is 14.9. The van der Waals surface area contributed by atoms with Gasteiger partial charge in [0.2, 0.25) is 0 Å². The Morgan fingerprint density at radius 2 is 1.24 bits per heavy atom. The summed E-state index contributed by atoms with van der Waals surface area (Å²) in [5.41, 5.74) is 10.4. The van der Waals surface area contributed by atoms with Crippen molar-refractivity contribution in [3.8, 4) is 0 Å². The topological polar surface area (TPSA) is 21.6 Å². The van der Waals surface area contributed by atoms with Crippen LogP contribution in [-0.4, -0.2) is 15.7 Å². The van der Waals surface area contributed by atoms with Crippen LogP contribution >= 0.6 is 15.8 Å². The SMILES string of the molecule is Cc1cc(C)c(C2=NOC3(C(C)(C)C)P2C(C(C)(C)C)=C=C(C(C)(C)C)P3C(C)(C)C)c(C)c1. The van der Waals surface area contributed by atoms with Gasteiger partial charge in [-0.3, -0.25) is 0 Å². The molecular weight excluding hydrogens is 452 g/mol. The van der Waals surface area contributed by atoms with Gasteiger partial charge in [-0.2, -0.15) is 0 Å². The standard InChI is InChI=1S/C30H47NOP2/c1-19-16-20(2)24(21(3)17-19)25-31-32-30(28(10,11)12)33(25)22(26(4,5)6)18-23(27(7,8)9)34(30)29(13,14)15/h16-17H,1-15H3. The van der Waals surface area contributed by atoms with Crippen LogP contribution in [-0.2, 0) is 4.84 Å². The Bertz CT molecular complexity index is 1070. The molecule has 3 rings (SSSR count). The van der Waals surface area contributed by atoms with E-state index in [-0.39, 0.29) is 26.5 Å². The van der Waals surface area contributed by atoms with E-state index in [0.717, 1.165) is 0 Å². The van der Waals surface area contributed by atoms with Crippen LogP contribution in [0.1, 0.15) is 105 Å². The maximum atomic E-state index is 6.97. The minimum atomic E-state index is -0.861. The van der Waals surface area contributed by atoms with E-state index in [2.05, 4.69) is 122 Å². The Hall–Kier alpha value is -0.930. The van der Waals surface area contributed by atoms with Gasteiger partial charge in [-0.25, -0.2) is 0 Å². The molecule has 2 nitrogen and oxygen atoms in total. The van der Waals surface area contributed by atoms with E-state index in [4.69, 9.17) is 9.99 Å². The average molecular weight is 500 g/mol. The normalized spacial score (nSPS) is 25.9. The number of allylic oxidation sites excluding steroid dienone is 1. The van der Waals surface area contributed by atoms with Crippen molar-refractivity contribution >= 4 is 21.3 Å². The lowest BCUT2D eigenvalue weighted by Gasteiger charge is -2.57. The molecule has 2 aliphatic heterocycles. The molecule has 34 heavy (non-hydrogen) atoms. The first-order chi connectivity index (χ1) is 15.1. The number of aryl methyl sites for hydroxylation is 3. The molecule has 0 amide bonds. The van der Waals surface area contributed by atoms with Crippen molar-refractivity contribution in [1.82, 2.24) is 0 Å². The van der Waals surface area contributed by atoms with Crippen molar-refractivity contribution in [3.05, 3.63) is 50.7 Å². The predicted molar refractivity (Wildman–Crippen MR) is 154 cm³/mol. The van der Waals surface area contributed by atoms with Crippen LogP contribution < -0.4 is 0 Å². The van der Waals surface area contributed by atoms with Crippen molar-refractivity contribution < 1.29 is 4.84 Å². The van der Waals surface area contributed by atoms with E-state index in [1.165, 1.54) is 38.3 Å². The summed E-state index contributed by atoms with van der Waals surface area (Å²) in [6.45, 7) is 35.1. The quantitative estimate of drug-likeness (QED) is 0.278. The van der Waals surface area contributed by atoms with Crippen LogP contribution in [0.25, 0.3) is 0 Å². The molecule has 0 spiro atoms. The molecule has 3 unspecified atom stereocenters. The first kappa shape index (κ1) is 27.7. The Morgan fingerprint density at radius 1 is 0.765 bits per heavy atom. The van der Waals surface area contributed by atoms with Gasteiger partial charge in [-0.1, -0.05) is 106 Å². The minimum absolute atomic E-state index is 0.0109. The highest BCUT2D eigenvalue weighted by Gasteiger charge is 2.68. The van der Waals surface area contributed by atoms with Gasteiger partial charge in [0.1, 0.15) is 5.45 Å². The first-order valence-corrected chi connectivity index (χ1v) is 15.3. The monoisotopic (exact) mass is 499 g/mol. The van der Waals surface area contributed by atoms with Crippen LogP contribution in [0.2, 0.25) is 0 Å². The van der Waals surface area contributed by atoms with Crippen molar-refractivity contribution in [2.45, 2.75) is 114 Å². The summed E-state index contributed by atoms with van der Waals surface area (Å²) in [5.74, 6) is 0. The molecule has 0 saturated heterocycles. The molecule has 0 radical (unpaired) electrons. The molecule has 2 aliphatic rings. The van der Waals surface area contributed by atoms with Crippen LogP contribution in [0.4, 0.5) is 0 Å². The molecule has 0 fully saturated rings. The summed E-state index contributed by atoms with van der Waals surface area (Å²) in [5, 5.41) is 7.61. The molecule has 2 heterocycles. The van der Waals surface area contributed by atoms with Crippen LogP contribution in [0.3, 0.4) is 0 Å². The third-order valence-electron chi connectivity index (χ3n) is 6.73. The summed E-state index contributed by atoms with van der Waals surface area (Å²) < 4.78 is 0. The Labute approximate surface area is 212 Å². The molecule has 0 saturated carbocycles. The molecule has 0 N–H and O–H groups in total. The van der Waals surface area contributed by atoms with Gasteiger partial charge >= 0.3 is 0 Å².